The average Bonchev–Trinajstić information content (AvgIpc) is 4.07. The number of methoxy groups -OCH3 is 1. The van der Waals surface area contributed by atoms with E-state index in [2.05, 4.69) is 99.0 Å². The fraction of sp³-hybridized carbons (Fsp3) is 0.385. The number of aliphatic hydroxyl groups excluding tert-OH is 1. The van der Waals surface area contributed by atoms with Crippen LogP contribution in [0.2, 0.25) is 0 Å². The lowest BCUT2D eigenvalue weighted by atomic mass is 9.91. The molecule has 1 N–H and O–H groups in total. The van der Waals surface area contributed by atoms with Crippen LogP contribution >= 0.6 is 31.9 Å². The fourth-order valence-corrected chi connectivity index (χ4v) is 7.69. The van der Waals surface area contributed by atoms with Gasteiger partial charge >= 0.3 is 5.97 Å². The molecule has 0 unspecified atom stereocenters. The van der Waals surface area contributed by atoms with E-state index in [1.165, 1.54) is 54.3 Å². The van der Waals surface area contributed by atoms with Crippen molar-refractivity contribution in [2.24, 2.45) is 0 Å². The summed E-state index contributed by atoms with van der Waals surface area (Å²) in [5.74, 6) is 0.898. The molecule has 0 radical (unpaired) electrons. The molecule has 0 saturated heterocycles. The van der Waals surface area contributed by atoms with E-state index < -0.39 is 5.41 Å². The molecule has 1 aromatic carbocycles. The maximum atomic E-state index is 11.5. The van der Waals surface area contributed by atoms with Crippen molar-refractivity contribution in [1.29, 1.82) is 0 Å². The van der Waals surface area contributed by atoms with E-state index in [4.69, 9.17) is 9.84 Å². The minimum absolute atomic E-state index is 0.0385. The zero-order valence-electron chi connectivity index (χ0n) is 28.3. The monoisotopic (exact) mass is 798 g/mol. The second-order valence-electron chi connectivity index (χ2n) is 13.9. The quantitative estimate of drug-likeness (QED) is 0.166. The van der Waals surface area contributed by atoms with Crippen molar-refractivity contribution in [2.45, 2.75) is 81.0 Å². The number of halogens is 2. The second-order valence-corrected chi connectivity index (χ2v) is 15.7. The highest BCUT2D eigenvalue weighted by atomic mass is 79.9. The van der Waals surface area contributed by atoms with E-state index in [9.17, 15) is 4.79 Å². The number of aryl methyl sites for hydroxylation is 2. The van der Waals surface area contributed by atoms with Crippen LogP contribution in [0.25, 0.3) is 16.8 Å². The zero-order chi connectivity index (χ0) is 34.9. The molecule has 11 heteroatoms. The Labute approximate surface area is 309 Å². The van der Waals surface area contributed by atoms with Crippen LogP contribution in [0, 0.1) is 0 Å². The van der Waals surface area contributed by atoms with Crippen LogP contribution in [0.1, 0.15) is 79.9 Å². The number of carbonyl (C=O) groups is 1. The first-order chi connectivity index (χ1) is 24.2. The van der Waals surface area contributed by atoms with Gasteiger partial charge in [0.2, 0.25) is 0 Å². The predicted molar refractivity (Wildman–Crippen MR) is 198 cm³/mol. The molecule has 5 aromatic rings. The third-order valence-electron chi connectivity index (χ3n) is 10.8. The molecule has 258 valence electrons. The number of fused-ring (bicyclic) bond motifs is 3. The molecule has 0 atom stereocenters. The first-order valence-electron chi connectivity index (χ1n) is 17.1. The molecule has 3 aliphatic carbocycles. The van der Waals surface area contributed by atoms with E-state index in [-0.39, 0.29) is 18.0 Å². The van der Waals surface area contributed by atoms with Crippen molar-refractivity contribution in [3.05, 3.63) is 117 Å². The number of hydrogen-bond acceptors (Lipinski definition) is 8. The number of carbonyl (C=O) groups excluding carboxylic acids is 1. The van der Waals surface area contributed by atoms with Crippen LogP contribution in [0.3, 0.4) is 0 Å². The highest BCUT2D eigenvalue weighted by Crippen LogP contribution is 2.51. The number of nitrogens with zero attached hydrogens (tertiary/aromatic N) is 6. The number of benzene rings is 1. The van der Waals surface area contributed by atoms with Crippen molar-refractivity contribution >= 4 is 37.8 Å². The van der Waals surface area contributed by atoms with Crippen LogP contribution in [-0.4, -0.2) is 54.5 Å². The van der Waals surface area contributed by atoms with Gasteiger partial charge in [-0.05, 0) is 147 Å². The Morgan fingerprint density at radius 2 is 1.44 bits per heavy atom. The van der Waals surface area contributed by atoms with E-state index >= 15 is 0 Å². The molecule has 9 nitrogen and oxygen atoms in total. The molecule has 1 aliphatic heterocycles. The van der Waals surface area contributed by atoms with Gasteiger partial charge in [-0.1, -0.05) is 13.0 Å². The van der Waals surface area contributed by atoms with Crippen LogP contribution in [0.4, 0.5) is 0 Å². The zero-order valence-corrected chi connectivity index (χ0v) is 31.5. The van der Waals surface area contributed by atoms with Crippen molar-refractivity contribution < 1.29 is 14.6 Å². The number of ether oxygens (including phenoxy) is 1. The summed E-state index contributed by atoms with van der Waals surface area (Å²) in [6.45, 7) is 2.53. The number of pyridine rings is 3. The van der Waals surface area contributed by atoms with Crippen molar-refractivity contribution in [3.63, 3.8) is 0 Å². The topological polar surface area (TPSA) is 116 Å². The van der Waals surface area contributed by atoms with E-state index in [0.29, 0.717) is 5.41 Å². The smallest absolute Gasteiger partial charge is 0.316 e. The fourth-order valence-electron chi connectivity index (χ4n) is 6.96. The summed E-state index contributed by atoms with van der Waals surface area (Å²) in [5, 5.41) is 17.4. The summed E-state index contributed by atoms with van der Waals surface area (Å²) in [6, 6.07) is 13.0. The Balaban J connectivity index is 0.000000128. The Bertz CT molecular complexity index is 2020. The highest BCUT2D eigenvalue weighted by molar-refractivity contribution is 9.10. The molecule has 0 bridgehead atoms. The van der Waals surface area contributed by atoms with E-state index in [1.54, 1.807) is 18.6 Å². The maximum absolute atomic E-state index is 11.5. The number of esters is 1. The van der Waals surface area contributed by atoms with Crippen molar-refractivity contribution in [3.8, 4) is 16.8 Å². The molecular weight excluding hydrogens is 760 g/mol. The lowest BCUT2D eigenvalue weighted by Crippen LogP contribution is -2.21. The Morgan fingerprint density at radius 3 is 2.04 bits per heavy atom. The number of rotatable bonds is 7. The summed E-state index contributed by atoms with van der Waals surface area (Å²) in [4.78, 5) is 24.2. The lowest BCUT2D eigenvalue weighted by molar-refractivity contribution is -0.143. The molecule has 0 amide bonds. The third kappa shape index (κ3) is 6.92. The summed E-state index contributed by atoms with van der Waals surface area (Å²) < 4.78 is 8.77. The van der Waals surface area contributed by atoms with Gasteiger partial charge in [0.05, 0.1) is 24.8 Å². The second kappa shape index (κ2) is 14.1. The molecule has 4 aromatic heterocycles. The molecule has 4 aliphatic rings. The van der Waals surface area contributed by atoms with Gasteiger partial charge in [0.15, 0.2) is 0 Å². The van der Waals surface area contributed by atoms with Crippen LogP contribution < -0.4 is 0 Å². The van der Waals surface area contributed by atoms with Gasteiger partial charge in [-0.25, -0.2) is 0 Å². The summed E-state index contributed by atoms with van der Waals surface area (Å²) in [6.07, 6.45) is 22.6. The molecule has 3 fully saturated rings. The largest absolute Gasteiger partial charge is 0.468 e. The molecule has 5 heterocycles. The number of hydrogen-bond donors (Lipinski definition) is 1. The number of aromatic nitrogens is 6. The highest BCUT2D eigenvalue weighted by Gasteiger charge is 2.53. The molecular formula is C39H40Br2N6O3. The van der Waals surface area contributed by atoms with Gasteiger partial charge in [0.25, 0.3) is 0 Å². The van der Waals surface area contributed by atoms with Gasteiger partial charge in [0, 0.05) is 63.5 Å². The van der Waals surface area contributed by atoms with Crippen LogP contribution in [0.15, 0.2) is 88.9 Å². The van der Waals surface area contributed by atoms with Gasteiger partial charge in [-0.3, -0.25) is 24.3 Å². The minimum atomic E-state index is -0.411. The predicted octanol–water partition coefficient (Wildman–Crippen LogP) is 7.79. The molecule has 3 saturated carbocycles. The number of aliphatic hydroxyl groups is 1. The van der Waals surface area contributed by atoms with Crippen LogP contribution in [-0.2, 0) is 38.6 Å². The van der Waals surface area contributed by atoms with E-state index in [1.807, 2.05) is 30.9 Å². The Hall–Kier alpha value is -3.80. The first kappa shape index (κ1) is 34.6. The third-order valence-corrected chi connectivity index (χ3v) is 11.7. The van der Waals surface area contributed by atoms with Gasteiger partial charge in [-0.15, -0.1) is 10.2 Å². The summed E-state index contributed by atoms with van der Waals surface area (Å²) in [5.41, 5.74) is 8.58. The summed E-state index contributed by atoms with van der Waals surface area (Å²) in [7, 11) is 1.42. The molecule has 0 spiro atoms. The SMILES string of the molecule is CCC1(c2cncc(-c3ccc4c(c3)CCc3nncn3-4)c2)CC1.COC(=O)C1(c2cncc(Br)c2)CC1.OCC1(c2cncc(Br)c2)CC1. The summed E-state index contributed by atoms with van der Waals surface area (Å²) >= 11 is 6.71. The lowest BCUT2D eigenvalue weighted by Gasteiger charge is -2.19. The molecule has 50 heavy (non-hydrogen) atoms. The minimum Gasteiger partial charge on any atom is -0.468 e. The van der Waals surface area contributed by atoms with Gasteiger partial charge in [0.1, 0.15) is 12.2 Å². The van der Waals surface area contributed by atoms with Crippen LogP contribution in [0.5, 0.6) is 0 Å². The van der Waals surface area contributed by atoms with E-state index in [0.717, 1.165) is 64.4 Å². The normalized spacial score (nSPS) is 17.8. The Kier molecular flexibility index (Phi) is 9.75. The molecule has 9 rings (SSSR count). The first-order valence-corrected chi connectivity index (χ1v) is 18.7. The van der Waals surface area contributed by atoms with Crippen molar-refractivity contribution in [1.82, 2.24) is 29.7 Å². The van der Waals surface area contributed by atoms with Gasteiger partial charge in [-0.2, -0.15) is 0 Å². The standard InChI is InChI=1S/C20H20N4.C10H10BrNO2.C9H10BrNO/c1-2-20(7-8-20)17-10-16(11-21-12-17)14-3-5-18-15(9-14)4-6-19-23-22-13-24(18)19;1-14-9(13)10(2-3-10)7-4-8(11)6-12-5-7;10-8-3-7(4-11-5-8)9(6-12)1-2-9/h3,5,9-13H,2,4,6-8H2,1H3;4-6H,2-3H2,1H3;3-5,12H,1-2,6H2. The van der Waals surface area contributed by atoms with Gasteiger partial charge < -0.3 is 9.84 Å². The average molecular weight is 801 g/mol. The maximum Gasteiger partial charge on any atom is 0.316 e. The van der Waals surface area contributed by atoms with Crippen molar-refractivity contribution in [2.75, 3.05) is 13.7 Å². The Morgan fingerprint density at radius 1 is 0.800 bits per heavy atom.